The van der Waals surface area contributed by atoms with Gasteiger partial charge in [0.2, 0.25) is 0 Å². The van der Waals surface area contributed by atoms with E-state index in [4.69, 9.17) is 4.74 Å². The minimum absolute atomic E-state index is 0.0391. The molecule has 1 aromatic heterocycles. The van der Waals surface area contributed by atoms with Gasteiger partial charge in [0.05, 0.1) is 11.5 Å². The van der Waals surface area contributed by atoms with E-state index in [-0.39, 0.29) is 10.5 Å². The molecule has 0 N–H and O–H groups in total. The number of fused-ring (bicyclic) bond motifs is 1. The molecule has 6 heteroatoms. The number of benzene rings is 1. The zero-order valence-corrected chi connectivity index (χ0v) is 12.0. The first-order chi connectivity index (χ1) is 9.13. The summed E-state index contributed by atoms with van der Waals surface area (Å²) in [6, 6.07) is 6.90. The smallest absolute Gasteiger partial charge is 0.295 e. The fourth-order valence-electron chi connectivity index (χ4n) is 2.02. The third-order valence-electron chi connectivity index (χ3n) is 2.83. The van der Waals surface area contributed by atoms with Gasteiger partial charge in [0.15, 0.2) is 0 Å². The highest BCUT2D eigenvalue weighted by molar-refractivity contribution is 9.09. The van der Waals surface area contributed by atoms with Crippen LogP contribution in [0.25, 0.3) is 10.9 Å². The van der Waals surface area contributed by atoms with Gasteiger partial charge in [-0.25, -0.2) is 4.98 Å². The number of rotatable bonds is 5. The highest BCUT2D eigenvalue weighted by Gasteiger charge is 2.15. The number of halogens is 1. The Hall–Kier alpha value is -1.53. The molecular weight excluding hydrogens is 312 g/mol. The Kier molecular flexibility index (Phi) is 4.44. The maximum absolute atomic E-state index is 11.0. The van der Waals surface area contributed by atoms with Gasteiger partial charge in [-0.1, -0.05) is 28.1 Å². The van der Waals surface area contributed by atoms with Gasteiger partial charge in [-0.3, -0.25) is 10.1 Å². The molecule has 2 rings (SSSR count). The minimum atomic E-state index is -0.403. The zero-order chi connectivity index (χ0) is 13.8. The van der Waals surface area contributed by atoms with Gasteiger partial charge in [-0.2, -0.15) is 0 Å². The Balaban J connectivity index is 2.46. The maximum atomic E-state index is 11.0. The number of pyridine rings is 1. The van der Waals surface area contributed by atoms with Crippen molar-refractivity contribution in [3.63, 3.8) is 0 Å². The lowest BCUT2D eigenvalue weighted by molar-refractivity contribution is -0.383. The van der Waals surface area contributed by atoms with E-state index in [2.05, 4.69) is 20.9 Å². The molecule has 0 aliphatic heterocycles. The number of alkyl halides is 1. The third-order valence-corrected chi connectivity index (χ3v) is 3.41. The van der Waals surface area contributed by atoms with Gasteiger partial charge in [0.1, 0.15) is 5.52 Å². The highest BCUT2D eigenvalue weighted by atomic mass is 79.9. The van der Waals surface area contributed by atoms with Crippen LogP contribution in [0.4, 0.5) is 5.69 Å². The molecule has 0 radical (unpaired) electrons. The largest absolute Gasteiger partial charge is 0.384 e. The Labute approximate surface area is 118 Å². The molecule has 100 valence electrons. The number of nitro benzene ring substituents is 1. The highest BCUT2D eigenvalue weighted by Crippen LogP contribution is 2.27. The van der Waals surface area contributed by atoms with E-state index in [1.54, 1.807) is 19.4 Å². The molecule has 19 heavy (non-hydrogen) atoms. The Morgan fingerprint density at radius 1 is 1.47 bits per heavy atom. The van der Waals surface area contributed by atoms with Gasteiger partial charge in [-0.15, -0.1) is 0 Å². The molecule has 0 saturated carbocycles. The summed E-state index contributed by atoms with van der Waals surface area (Å²) in [5.41, 5.74) is 1.49. The van der Waals surface area contributed by atoms with E-state index in [1.807, 2.05) is 12.1 Å². The first kappa shape index (κ1) is 13.9. The average molecular weight is 325 g/mol. The first-order valence-electron chi connectivity index (χ1n) is 5.77. The molecule has 2 aromatic rings. The third kappa shape index (κ3) is 3.08. The van der Waals surface area contributed by atoms with Crippen molar-refractivity contribution in [1.82, 2.24) is 4.98 Å². The molecular formula is C13H13BrN2O3. The van der Waals surface area contributed by atoms with Crippen LogP contribution < -0.4 is 0 Å². The van der Waals surface area contributed by atoms with E-state index in [0.717, 1.165) is 17.4 Å². The lowest BCUT2D eigenvalue weighted by Crippen LogP contribution is -2.10. The predicted molar refractivity (Wildman–Crippen MR) is 76.7 cm³/mol. The standard InChI is InChI=1S/C13H13BrN2O3/c1-19-8-10(14)7-9-5-6-15-13-11(9)3-2-4-12(13)16(17)18/h2-6,10H,7-8H2,1H3. The van der Waals surface area contributed by atoms with Gasteiger partial charge < -0.3 is 4.74 Å². The van der Waals surface area contributed by atoms with Crippen molar-refractivity contribution < 1.29 is 9.66 Å². The lowest BCUT2D eigenvalue weighted by Gasteiger charge is -2.10. The lowest BCUT2D eigenvalue weighted by atomic mass is 10.0. The zero-order valence-electron chi connectivity index (χ0n) is 10.4. The summed E-state index contributed by atoms with van der Waals surface area (Å²) < 4.78 is 5.08. The van der Waals surface area contributed by atoms with Crippen molar-refractivity contribution in [2.45, 2.75) is 11.2 Å². The molecule has 0 aliphatic rings. The Bertz CT molecular complexity index is 603. The molecule has 0 amide bonds. The van der Waals surface area contributed by atoms with Crippen LogP contribution in [0.3, 0.4) is 0 Å². The summed E-state index contributed by atoms with van der Waals surface area (Å²) in [6.45, 7) is 0.582. The molecule has 1 aromatic carbocycles. The van der Waals surface area contributed by atoms with Crippen LogP contribution in [0.5, 0.6) is 0 Å². The molecule has 0 saturated heterocycles. The van der Waals surface area contributed by atoms with E-state index >= 15 is 0 Å². The van der Waals surface area contributed by atoms with Crippen LogP contribution in [0.1, 0.15) is 5.56 Å². The van der Waals surface area contributed by atoms with Gasteiger partial charge in [0.25, 0.3) is 5.69 Å². The Morgan fingerprint density at radius 2 is 2.26 bits per heavy atom. The second kappa shape index (κ2) is 6.08. The number of nitrogens with zero attached hydrogens (tertiary/aromatic N) is 2. The van der Waals surface area contributed by atoms with Crippen LogP contribution in [0.15, 0.2) is 30.5 Å². The predicted octanol–water partition coefficient (Wildman–Crippen LogP) is 3.10. The average Bonchev–Trinajstić information content (AvgIpc) is 2.38. The fraction of sp³-hybridized carbons (Fsp3) is 0.308. The molecule has 0 fully saturated rings. The summed E-state index contributed by atoms with van der Waals surface area (Å²) in [7, 11) is 1.64. The Morgan fingerprint density at radius 3 is 2.95 bits per heavy atom. The van der Waals surface area contributed by atoms with Crippen molar-refractivity contribution in [3.8, 4) is 0 Å². The number of non-ortho nitro benzene ring substituents is 1. The number of methoxy groups -OCH3 is 1. The topological polar surface area (TPSA) is 65.3 Å². The van der Waals surface area contributed by atoms with Crippen LogP contribution in [-0.4, -0.2) is 28.5 Å². The second-order valence-corrected chi connectivity index (χ2v) is 5.45. The SMILES string of the molecule is COCC(Br)Cc1ccnc2c([N+](=O)[O-])cccc12. The number of hydrogen-bond acceptors (Lipinski definition) is 4. The summed E-state index contributed by atoms with van der Waals surface area (Å²) in [4.78, 5) is 14.9. The van der Waals surface area contributed by atoms with Crippen LogP contribution in [-0.2, 0) is 11.2 Å². The normalized spacial score (nSPS) is 12.5. The molecule has 5 nitrogen and oxygen atoms in total. The second-order valence-electron chi connectivity index (χ2n) is 4.16. The quantitative estimate of drug-likeness (QED) is 0.481. The number of aromatic nitrogens is 1. The van der Waals surface area contributed by atoms with Crippen molar-refractivity contribution in [3.05, 3.63) is 46.1 Å². The van der Waals surface area contributed by atoms with Crippen molar-refractivity contribution >= 4 is 32.5 Å². The van der Waals surface area contributed by atoms with Gasteiger partial charge in [0, 0.05) is 29.6 Å². The monoisotopic (exact) mass is 324 g/mol. The van der Waals surface area contributed by atoms with E-state index in [1.165, 1.54) is 6.07 Å². The number of para-hydroxylation sites is 1. The number of ether oxygens (including phenoxy) is 1. The fourth-order valence-corrected chi connectivity index (χ4v) is 2.63. The van der Waals surface area contributed by atoms with Gasteiger partial charge in [-0.05, 0) is 18.1 Å². The van der Waals surface area contributed by atoms with Crippen molar-refractivity contribution in [1.29, 1.82) is 0 Å². The molecule has 0 aliphatic carbocycles. The molecule has 0 bridgehead atoms. The van der Waals surface area contributed by atoms with E-state index in [9.17, 15) is 10.1 Å². The van der Waals surface area contributed by atoms with E-state index in [0.29, 0.717) is 12.1 Å². The summed E-state index contributed by atoms with van der Waals surface area (Å²) >= 11 is 3.53. The van der Waals surface area contributed by atoms with Crippen LogP contribution in [0, 0.1) is 10.1 Å². The van der Waals surface area contributed by atoms with Crippen LogP contribution >= 0.6 is 15.9 Å². The van der Waals surface area contributed by atoms with Gasteiger partial charge >= 0.3 is 0 Å². The summed E-state index contributed by atoms with van der Waals surface area (Å²) in [5, 5.41) is 11.8. The summed E-state index contributed by atoms with van der Waals surface area (Å²) in [6.07, 6.45) is 2.34. The van der Waals surface area contributed by atoms with Crippen molar-refractivity contribution in [2.24, 2.45) is 0 Å². The van der Waals surface area contributed by atoms with E-state index < -0.39 is 4.92 Å². The van der Waals surface area contributed by atoms with Crippen molar-refractivity contribution in [2.75, 3.05) is 13.7 Å². The number of nitro groups is 1. The molecule has 1 heterocycles. The molecule has 1 unspecified atom stereocenters. The number of hydrogen-bond donors (Lipinski definition) is 0. The molecule has 0 spiro atoms. The summed E-state index contributed by atoms with van der Waals surface area (Å²) in [5.74, 6) is 0. The first-order valence-corrected chi connectivity index (χ1v) is 6.69. The minimum Gasteiger partial charge on any atom is -0.384 e. The molecule has 1 atom stereocenters. The van der Waals surface area contributed by atoms with Crippen LogP contribution in [0.2, 0.25) is 0 Å². The maximum Gasteiger partial charge on any atom is 0.295 e.